The first-order chi connectivity index (χ1) is 11.7. The Labute approximate surface area is 141 Å². The van der Waals surface area contributed by atoms with Crippen LogP contribution in [0.1, 0.15) is 31.5 Å². The van der Waals surface area contributed by atoms with Gasteiger partial charge in [0.05, 0.1) is 0 Å². The third-order valence-corrected chi connectivity index (χ3v) is 5.22. The van der Waals surface area contributed by atoms with E-state index >= 15 is 0 Å². The highest BCUT2D eigenvalue weighted by molar-refractivity contribution is 7.15. The van der Waals surface area contributed by atoms with Crippen LogP contribution in [0.4, 0.5) is 11.6 Å². The minimum atomic E-state index is -0.347. The number of piperidine rings is 1. The molecule has 3 aromatic heterocycles. The van der Waals surface area contributed by atoms with Crippen LogP contribution >= 0.6 is 11.3 Å². The first kappa shape index (κ1) is 15.1. The monoisotopic (exact) mass is 347 g/mol. The van der Waals surface area contributed by atoms with Crippen molar-refractivity contribution in [1.29, 1.82) is 0 Å². The maximum atomic E-state index is 11.5. The molecular weight excluding hydrogens is 330 g/mol. The van der Waals surface area contributed by atoms with Gasteiger partial charge < -0.3 is 19.6 Å². The number of thiazole rings is 1. The van der Waals surface area contributed by atoms with Crippen LogP contribution in [0.2, 0.25) is 0 Å². The van der Waals surface area contributed by atoms with Gasteiger partial charge in [-0.3, -0.25) is 0 Å². The first-order valence-electron chi connectivity index (χ1n) is 7.91. The lowest BCUT2D eigenvalue weighted by molar-refractivity contribution is -0.389. The zero-order chi connectivity index (χ0) is 16.7. The number of anilines is 1. The Kier molecular flexibility index (Phi) is 3.68. The fourth-order valence-corrected chi connectivity index (χ4v) is 4.05. The molecule has 1 aliphatic heterocycles. The van der Waals surface area contributed by atoms with Gasteiger partial charge in [-0.25, -0.2) is 0 Å². The van der Waals surface area contributed by atoms with Crippen molar-refractivity contribution in [2.75, 3.05) is 18.0 Å². The van der Waals surface area contributed by atoms with E-state index in [-0.39, 0.29) is 16.7 Å². The summed E-state index contributed by atoms with van der Waals surface area (Å²) in [6.45, 7) is 4.31. The van der Waals surface area contributed by atoms with Crippen molar-refractivity contribution >= 4 is 27.9 Å². The highest BCUT2D eigenvalue weighted by Crippen LogP contribution is 2.35. The number of aromatic nitrogens is 5. The van der Waals surface area contributed by atoms with Gasteiger partial charge in [-0.1, -0.05) is 11.3 Å². The zero-order valence-electron chi connectivity index (χ0n) is 13.2. The average Bonchev–Trinajstić information content (AvgIpc) is 3.29. The molecule has 1 saturated heterocycles. The Morgan fingerprint density at radius 1 is 1.50 bits per heavy atom. The van der Waals surface area contributed by atoms with E-state index in [9.17, 15) is 10.1 Å². The molecule has 3 aromatic rings. The third-order valence-electron chi connectivity index (χ3n) is 4.46. The van der Waals surface area contributed by atoms with Crippen molar-refractivity contribution in [3.63, 3.8) is 0 Å². The lowest BCUT2D eigenvalue weighted by atomic mass is 9.97. The molecule has 0 radical (unpaired) electrons. The van der Waals surface area contributed by atoms with Crippen LogP contribution in [0.3, 0.4) is 0 Å². The van der Waals surface area contributed by atoms with Gasteiger partial charge >= 0.3 is 5.82 Å². The molecular formula is C14H17N7O2S. The average molecular weight is 347 g/mol. The fraction of sp³-hybridized carbons (Fsp3) is 0.500. The second kappa shape index (κ2) is 5.86. The number of hydrogen-bond acceptors (Lipinski definition) is 7. The van der Waals surface area contributed by atoms with Crippen molar-refractivity contribution in [2.45, 2.75) is 32.2 Å². The van der Waals surface area contributed by atoms with Gasteiger partial charge in [-0.15, -0.1) is 10.2 Å². The van der Waals surface area contributed by atoms with Crippen LogP contribution in [0, 0.1) is 10.1 Å². The van der Waals surface area contributed by atoms with Gasteiger partial charge in [0.2, 0.25) is 5.82 Å². The van der Waals surface area contributed by atoms with E-state index in [4.69, 9.17) is 0 Å². The summed E-state index contributed by atoms with van der Waals surface area (Å²) in [5, 5.41) is 21.6. The number of nitrogens with zero attached hydrogens (tertiary/aromatic N) is 7. The largest absolute Gasteiger partial charge is 0.373 e. The van der Waals surface area contributed by atoms with E-state index in [0.717, 1.165) is 31.8 Å². The van der Waals surface area contributed by atoms with Crippen molar-refractivity contribution < 1.29 is 4.92 Å². The Hall–Kier alpha value is -2.49. The molecule has 0 N–H and O–H groups in total. The Morgan fingerprint density at radius 2 is 2.38 bits per heavy atom. The maximum Gasteiger partial charge on any atom is 0.373 e. The Morgan fingerprint density at radius 3 is 3.17 bits per heavy atom. The van der Waals surface area contributed by atoms with Crippen molar-refractivity contribution in [3.8, 4) is 0 Å². The molecule has 0 unspecified atom stereocenters. The summed E-state index contributed by atoms with van der Waals surface area (Å²) >= 11 is 1.40. The summed E-state index contributed by atoms with van der Waals surface area (Å²) < 4.78 is 3.59. The highest BCUT2D eigenvalue weighted by Gasteiger charge is 2.32. The fourth-order valence-electron chi connectivity index (χ4n) is 3.35. The molecule has 0 saturated carbocycles. The minimum Gasteiger partial charge on any atom is -0.358 e. The number of rotatable bonds is 4. The van der Waals surface area contributed by atoms with E-state index in [1.165, 1.54) is 11.3 Å². The van der Waals surface area contributed by atoms with E-state index in [1.807, 2.05) is 14.8 Å². The molecule has 1 atom stereocenters. The van der Waals surface area contributed by atoms with E-state index < -0.39 is 0 Å². The van der Waals surface area contributed by atoms with Crippen LogP contribution in [0.5, 0.6) is 0 Å². The van der Waals surface area contributed by atoms with Gasteiger partial charge in [-0.05, 0) is 24.7 Å². The number of fused-ring (bicyclic) bond motifs is 1. The standard InChI is InChI=1S/C14H17N7O2S/c1-2-18-9-15-17-11(18)10-4-3-5-19(8-10)12-13(21(22)23)20-6-7-24-14(20)16-12/h6-7,9-10H,2-5,8H2,1H3/t10-/m0/s1. The van der Waals surface area contributed by atoms with Gasteiger partial charge in [0.15, 0.2) is 0 Å². The predicted octanol–water partition coefficient (Wildman–Crippen LogP) is 2.30. The first-order valence-corrected chi connectivity index (χ1v) is 8.79. The number of imidazole rings is 1. The summed E-state index contributed by atoms with van der Waals surface area (Å²) in [4.78, 5) is 18.4. The molecule has 1 aliphatic rings. The summed E-state index contributed by atoms with van der Waals surface area (Å²) in [6.07, 6.45) is 5.39. The lowest BCUT2D eigenvalue weighted by Gasteiger charge is -2.32. The van der Waals surface area contributed by atoms with Crippen molar-refractivity contribution in [1.82, 2.24) is 24.1 Å². The van der Waals surface area contributed by atoms with E-state index in [1.54, 1.807) is 16.9 Å². The molecule has 126 valence electrons. The van der Waals surface area contributed by atoms with Crippen molar-refractivity contribution in [3.05, 3.63) is 33.8 Å². The Bertz CT molecular complexity index is 883. The molecule has 4 rings (SSSR count). The van der Waals surface area contributed by atoms with Gasteiger partial charge in [0, 0.05) is 30.9 Å². The summed E-state index contributed by atoms with van der Waals surface area (Å²) in [6, 6.07) is 0. The molecule has 10 heteroatoms. The molecule has 9 nitrogen and oxygen atoms in total. The minimum absolute atomic E-state index is 0.0452. The van der Waals surface area contributed by atoms with E-state index in [0.29, 0.717) is 17.3 Å². The zero-order valence-corrected chi connectivity index (χ0v) is 14.0. The van der Waals surface area contributed by atoms with Crippen LogP contribution in [-0.4, -0.2) is 42.2 Å². The van der Waals surface area contributed by atoms with Crippen LogP contribution in [0.15, 0.2) is 17.9 Å². The summed E-state index contributed by atoms with van der Waals surface area (Å²) in [5.41, 5.74) is 0. The molecule has 0 amide bonds. The molecule has 1 fully saturated rings. The second-order valence-corrected chi connectivity index (χ2v) is 6.71. The third kappa shape index (κ3) is 2.33. The molecule has 0 spiro atoms. The summed E-state index contributed by atoms with van der Waals surface area (Å²) in [7, 11) is 0. The van der Waals surface area contributed by atoms with Crippen LogP contribution in [0.25, 0.3) is 4.96 Å². The normalized spacial score (nSPS) is 18.4. The molecule has 0 aliphatic carbocycles. The van der Waals surface area contributed by atoms with Crippen molar-refractivity contribution in [2.24, 2.45) is 0 Å². The number of hydrogen-bond donors (Lipinski definition) is 0. The van der Waals surface area contributed by atoms with Crippen LogP contribution < -0.4 is 4.90 Å². The number of nitro groups is 1. The second-order valence-electron chi connectivity index (χ2n) is 5.83. The van der Waals surface area contributed by atoms with Crippen LogP contribution in [-0.2, 0) is 6.54 Å². The van der Waals surface area contributed by atoms with Gasteiger partial charge in [-0.2, -0.15) is 9.38 Å². The lowest BCUT2D eigenvalue weighted by Crippen LogP contribution is -2.36. The molecule has 4 heterocycles. The van der Waals surface area contributed by atoms with Gasteiger partial charge in [0.1, 0.15) is 18.3 Å². The quantitative estimate of drug-likeness (QED) is 0.531. The molecule has 24 heavy (non-hydrogen) atoms. The number of aryl methyl sites for hydroxylation is 1. The SMILES string of the molecule is CCn1cnnc1[C@H]1CCCN(c2nc3sccn3c2[N+](=O)[O-])C1. The maximum absolute atomic E-state index is 11.5. The van der Waals surface area contributed by atoms with Gasteiger partial charge in [0.25, 0.3) is 4.96 Å². The molecule has 0 aromatic carbocycles. The molecule has 0 bridgehead atoms. The highest BCUT2D eigenvalue weighted by atomic mass is 32.1. The topological polar surface area (TPSA) is 94.4 Å². The predicted molar refractivity (Wildman–Crippen MR) is 89.6 cm³/mol. The Balaban J connectivity index is 1.68. The van der Waals surface area contributed by atoms with E-state index in [2.05, 4.69) is 22.1 Å². The smallest absolute Gasteiger partial charge is 0.358 e. The summed E-state index contributed by atoms with van der Waals surface area (Å²) in [5.74, 6) is 1.66.